The summed E-state index contributed by atoms with van der Waals surface area (Å²) >= 11 is 0. The third kappa shape index (κ3) is 4.44. The van der Waals surface area contributed by atoms with Crippen molar-refractivity contribution in [2.24, 2.45) is 11.8 Å². The molecular formula is C16H26N4O. The maximum Gasteiger partial charge on any atom is 0.253 e. The number of hydrogen-bond acceptors (Lipinski definition) is 4. The van der Waals surface area contributed by atoms with Crippen molar-refractivity contribution in [1.29, 1.82) is 0 Å². The fraction of sp³-hybridized carbons (Fsp3) is 0.562. The van der Waals surface area contributed by atoms with Gasteiger partial charge in [-0.15, -0.1) is 0 Å². The van der Waals surface area contributed by atoms with E-state index in [1.165, 1.54) is 12.8 Å². The van der Waals surface area contributed by atoms with E-state index in [0.717, 1.165) is 37.5 Å². The average molecular weight is 290 g/mol. The highest BCUT2D eigenvalue weighted by atomic mass is 16.1. The first-order valence-electron chi connectivity index (χ1n) is 7.64. The van der Waals surface area contributed by atoms with Crippen molar-refractivity contribution in [3.05, 3.63) is 29.3 Å². The van der Waals surface area contributed by atoms with Crippen LogP contribution < -0.4 is 16.6 Å². The Morgan fingerprint density at radius 2 is 2.10 bits per heavy atom. The summed E-state index contributed by atoms with van der Waals surface area (Å²) in [7, 11) is 2.16. The van der Waals surface area contributed by atoms with Crippen molar-refractivity contribution >= 4 is 11.6 Å². The van der Waals surface area contributed by atoms with Crippen LogP contribution in [-0.4, -0.2) is 37.5 Å². The van der Waals surface area contributed by atoms with E-state index >= 15 is 0 Å². The van der Waals surface area contributed by atoms with E-state index in [9.17, 15) is 4.79 Å². The van der Waals surface area contributed by atoms with Crippen molar-refractivity contribution in [2.75, 3.05) is 32.1 Å². The molecule has 0 saturated carbocycles. The number of nitrogens with zero attached hydrogens (tertiary/aromatic N) is 1. The van der Waals surface area contributed by atoms with E-state index in [4.69, 9.17) is 5.84 Å². The third-order valence-corrected chi connectivity index (χ3v) is 4.25. The number of carbonyl (C=O) groups is 1. The number of piperidine rings is 1. The van der Waals surface area contributed by atoms with Gasteiger partial charge in [0.25, 0.3) is 5.91 Å². The van der Waals surface area contributed by atoms with Crippen molar-refractivity contribution in [2.45, 2.75) is 26.2 Å². The van der Waals surface area contributed by atoms with Gasteiger partial charge < -0.3 is 15.6 Å². The lowest BCUT2D eigenvalue weighted by Crippen LogP contribution is -2.33. The number of amides is 1. The molecule has 0 spiro atoms. The molecule has 0 bridgehead atoms. The lowest BCUT2D eigenvalue weighted by Gasteiger charge is -2.28. The van der Waals surface area contributed by atoms with Crippen LogP contribution in [0.15, 0.2) is 18.2 Å². The predicted octanol–water partition coefficient (Wildman–Crippen LogP) is 1.74. The molecule has 1 aromatic carbocycles. The normalized spacial score (nSPS) is 16.7. The van der Waals surface area contributed by atoms with Gasteiger partial charge in [-0.3, -0.25) is 10.6 Å². The third-order valence-electron chi connectivity index (χ3n) is 4.25. The van der Waals surface area contributed by atoms with Gasteiger partial charge in [0.1, 0.15) is 0 Å². The molecule has 0 atom stereocenters. The second-order valence-corrected chi connectivity index (χ2v) is 5.98. The number of hydrogen-bond donors (Lipinski definition) is 3. The Morgan fingerprint density at radius 1 is 1.38 bits per heavy atom. The fourth-order valence-electron chi connectivity index (χ4n) is 2.81. The van der Waals surface area contributed by atoms with E-state index in [2.05, 4.69) is 22.7 Å². The van der Waals surface area contributed by atoms with E-state index in [1.807, 2.05) is 25.1 Å². The Labute approximate surface area is 126 Å². The van der Waals surface area contributed by atoms with Gasteiger partial charge in [-0.05, 0) is 69.9 Å². The number of nitrogen functional groups attached to an aromatic ring is 1. The van der Waals surface area contributed by atoms with Gasteiger partial charge in [0.15, 0.2) is 0 Å². The van der Waals surface area contributed by atoms with Crippen LogP contribution in [0.1, 0.15) is 35.2 Å². The molecular weight excluding hydrogens is 264 g/mol. The van der Waals surface area contributed by atoms with Gasteiger partial charge >= 0.3 is 0 Å². The predicted molar refractivity (Wildman–Crippen MR) is 86.2 cm³/mol. The number of hydrazine groups is 1. The molecule has 1 fully saturated rings. The van der Waals surface area contributed by atoms with Crippen LogP contribution in [0.4, 0.5) is 5.69 Å². The maximum absolute atomic E-state index is 12.2. The van der Waals surface area contributed by atoms with Gasteiger partial charge in [-0.25, -0.2) is 0 Å². The largest absolute Gasteiger partial charge is 0.352 e. The van der Waals surface area contributed by atoms with Gasteiger partial charge in [0.05, 0.1) is 11.3 Å². The summed E-state index contributed by atoms with van der Waals surface area (Å²) in [5, 5.41) is 3.00. The minimum atomic E-state index is -0.0594. The molecule has 0 aliphatic carbocycles. The molecule has 0 unspecified atom stereocenters. The van der Waals surface area contributed by atoms with Gasteiger partial charge in [-0.1, -0.05) is 6.07 Å². The topological polar surface area (TPSA) is 70.4 Å². The molecule has 1 saturated heterocycles. The number of aryl methyl sites for hydroxylation is 1. The molecule has 1 aliphatic rings. The Morgan fingerprint density at radius 3 is 2.76 bits per heavy atom. The first-order chi connectivity index (χ1) is 10.1. The van der Waals surface area contributed by atoms with Crippen molar-refractivity contribution in [3.63, 3.8) is 0 Å². The number of benzene rings is 1. The molecule has 2 rings (SSSR count). The zero-order valence-corrected chi connectivity index (χ0v) is 13.0. The van der Waals surface area contributed by atoms with Gasteiger partial charge in [0.2, 0.25) is 0 Å². The number of rotatable bonds is 5. The molecule has 0 aromatic heterocycles. The number of anilines is 1. The zero-order valence-electron chi connectivity index (χ0n) is 13.0. The van der Waals surface area contributed by atoms with Crippen LogP contribution in [0.3, 0.4) is 0 Å². The Bertz CT molecular complexity index is 481. The monoisotopic (exact) mass is 290 g/mol. The minimum Gasteiger partial charge on any atom is -0.352 e. The van der Waals surface area contributed by atoms with Crippen LogP contribution in [-0.2, 0) is 0 Å². The number of carbonyl (C=O) groups excluding carboxylic acids is 1. The minimum absolute atomic E-state index is 0.0594. The lowest BCUT2D eigenvalue weighted by atomic mass is 9.94. The summed E-state index contributed by atoms with van der Waals surface area (Å²) in [6.07, 6.45) is 3.51. The number of nitrogens with two attached hydrogens (primary N) is 1. The Kier molecular flexibility index (Phi) is 5.59. The highest BCUT2D eigenvalue weighted by Crippen LogP contribution is 2.19. The Balaban J connectivity index is 1.82. The first-order valence-corrected chi connectivity index (χ1v) is 7.64. The molecule has 116 valence electrons. The van der Waals surface area contributed by atoms with E-state index in [-0.39, 0.29) is 5.91 Å². The van der Waals surface area contributed by atoms with Gasteiger partial charge in [0, 0.05) is 6.54 Å². The summed E-state index contributed by atoms with van der Waals surface area (Å²) in [4.78, 5) is 14.6. The molecule has 1 aliphatic heterocycles. The fourth-order valence-corrected chi connectivity index (χ4v) is 2.81. The zero-order chi connectivity index (χ0) is 15.2. The van der Waals surface area contributed by atoms with Crippen molar-refractivity contribution < 1.29 is 4.79 Å². The molecule has 4 N–H and O–H groups in total. The van der Waals surface area contributed by atoms with E-state index in [1.54, 1.807) is 0 Å². The molecule has 21 heavy (non-hydrogen) atoms. The summed E-state index contributed by atoms with van der Waals surface area (Å²) in [5.74, 6) is 6.15. The summed E-state index contributed by atoms with van der Waals surface area (Å²) < 4.78 is 0. The van der Waals surface area contributed by atoms with Gasteiger partial charge in [-0.2, -0.15) is 0 Å². The highest BCUT2D eigenvalue weighted by Gasteiger charge is 2.17. The quantitative estimate of drug-likeness (QED) is 0.571. The van der Waals surface area contributed by atoms with Crippen LogP contribution in [0, 0.1) is 12.8 Å². The first kappa shape index (κ1) is 15.8. The van der Waals surface area contributed by atoms with Crippen molar-refractivity contribution in [1.82, 2.24) is 10.2 Å². The SMILES string of the molecule is Cc1ccc(C(=O)NCCC2CCN(C)CC2)c(NN)c1. The second kappa shape index (κ2) is 7.43. The second-order valence-electron chi connectivity index (χ2n) is 5.98. The lowest BCUT2D eigenvalue weighted by molar-refractivity contribution is 0.0949. The molecule has 5 heteroatoms. The van der Waals surface area contributed by atoms with Crippen LogP contribution in [0.5, 0.6) is 0 Å². The summed E-state index contributed by atoms with van der Waals surface area (Å²) in [6, 6.07) is 5.62. The summed E-state index contributed by atoms with van der Waals surface area (Å²) in [5.41, 5.74) is 4.95. The molecule has 1 aromatic rings. The van der Waals surface area contributed by atoms with Crippen LogP contribution in [0.25, 0.3) is 0 Å². The standard InChI is InChI=1S/C16H26N4O/c1-12-3-4-14(15(11-12)19-17)16(21)18-8-5-13-6-9-20(2)10-7-13/h3-4,11,13,19H,5-10,17H2,1-2H3,(H,18,21). The average Bonchev–Trinajstić information content (AvgIpc) is 2.49. The number of likely N-dealkylation sites (tertiary alicyclic amines) is 1. The highest BCUT2D eigenvalue weighted by molar-refractivity contribution is 5.99. The van der Waals surface area contributed by atoms with Crippen molar-refractivity contribution in [3.8, 4) is 0 Å². The maximum atomic E-state index is 12.2. The van der Waals surface area contributed by atoms with Crippen LogP contribution >= 0.6 is 0 Å². The van der Waals surface area contributed by atoms with E-state index in [0.29, 0.717) is 11.3 Å². The molecule has 1 amide bonds. The van der Waals surface area contributed by atoms with E-state index < -0.39 is 0 Å². The smallest absolute Gasteiger partial charge is 0.253 e. The van der Waals surface area contributed by atoms with Crippen LogP contribution in [0.2, 0.25) is 0 Å². The molecule has 1 heterocycles. The molecule has 5 nitrogen and oxygen atoms in total. The number of nitrogens with one attached hydrogen (secondary N) is 2. The Hall–Kier alpha value is -1.59. The summed E-state index contributed by atoms with van der Waals surface area (Å²) in [6.45, 7) is 5.03. The molecule has 0 radical (unpaired) electrons.